The minimum Gasteiger partial charge on any atom is -0.489 e. The van der Waals surface area contributed by atoms with E-state index in [1.807, 2.05) is 30.3 Å². The summed E-state index contributed by atoms with van der Waals surface area (Å²) in [6.45, 7) is 2.55. The molecule has 0 radical (unpaired) electrons. The number of oxime groups is 1. The van der Waals surface area contributed by atoms with Crippen molar-refractivity contribution >= 4 is 28.9 Å². The number of halogens is 2. The molecule has 2 aromatic rings. The van der Waals surface area contributed by atoms with Gasteiger partial charge in [-0.25, -0.2) is 0 Å². The first kappa shape index (κ1) is 18.1. The first-order chi connectivity index (χ1) is 12.2. The summed E-state index contributed by atoms with van der Waals surface area (Å²) in [4.78, 5) is 5.57. The van der Waals surface area contributed by atoms with Gasteiger partial charge in [-0.2, -0.15) is 0 Å². The van der Waals surface area contributed by atoms with E-state index in [0.29, 0.717) is 16.7 Å². The Labute approximate surface area is 158 Å². The van der Waals surface area contributed by atoms with Crippen LogP contribution in [0.5, 0.6) is 5.75 Å². The van der Waals surface area contributed by atoms with Crippen LogP contribution in [-0.2, 0) is 17.9 Å². The van der Waals surface area contributed by atoms with Crippen LogP contribution >= 0.6 is 23.2 Å². The van der Waals surface area contributed by atoms with Crippen molar-refractivity contribution < 1.29 is 9.57 Å². The van der Waals surface area contributed by atoms with Crippen LogP contribution < -0.4 is 4.74 Å². The Morgan fingerprint density at radius 2 is 2.00 bits per heavy atom. The molecule has 132 valence electrons. The van der Waals surface area contributed by atoms with Crippen molar-refractivity contribution in [1.29, 1.82) is 0 Å². The zero-order valence-corrected chi connectivity index (χ0v) is 15.7. The fraction of sp³-hybridized carbons (Fsp3) is 0.350. The Morgan fingerprint density at radius 3 is 2.80 bits per heavy atom. The normalized spacial score (nSPS) is 16.4. The molecule has 0 fully saturated rings. The Bertz CT molecular complexity index is 761. The van der Waals surface area contributed by atoms with Crippen LogP contribution in [0.4, 0.5) is 0 Å². The zero-order chi connectivity index (χ0) is 17.6. The summed E-state index contributed by atoms with van der Waals surface area (Å²) in [6.07, 6.45) is 3.86. The van der Waals surface area contributed by atoms with E-state index in [2.05, 4.69) is 18.1 Å². The third-order valence-electron chi connectivity index (χ3n) is 4.15. The average Bonchev–Trinajstić information content (AvgIpc) is 3.03. The lowest BCUT2D eigenvalue weighted by Gasteiger charge is -2.14. The quantitative estimate of drug-likeness (QED) is 0.586. The fourth-order valence-corrected chi connectivity index (χ4v) is 3.35. The minimum absolute atomic E-state index is 0.0884. The van der Waals surface area contributed by atoms with E-state index in [0.717, 1.165) is 48.3 Å². The van der Waals surface area contributed by atoms with Gasteiger partial charge in [-0.15, -0.1) is 0 Å². The van der Waals surface area contributed by atoms with Crippen LogP contribution in [0.15, 0.2) is 47.6 Å². The summed E-state index contributed by atoms with van der Waals surface area (Å²) in [5, 5.41) is 5.43. The maximum atomic E-state index is 6.22. The zero-order valence-electron chi connectivity index (χ0n) is 14.2. The van der Waals surface area contributed by atoms with Crippen molar-refractivity contribution in [3.63, 3.8) is 0 Å². The topological polar surface area (TPSA) is 30.8 Å². The molecule has 3 rings (SSSR count). The molecule has 0 amide bonds. The number of ether oxygens (including phenoxy) is 1. The molecule has 1 aliphatic heterocycles. The first-order valence-electron chi connectivity index (χ1n) is 8.52. The molecule has 3 nitrogen and oxygen atoms in total. The summed E-state index contributed by atoms with van der Waals surface area (Å²) < 4.78 is 6.01. The van der Waals surface area contributed by atoms with Gasteiger partial charge in [0.25, 0.3) is 0 Å². The molecule has 2 aromatic carbocycles. The molecule has 1 heterocycles. The van der Waals surface area contributed by atoms with Crippen molar-refractivity contribution in [2.45, 2.75) is 45.3 Å². The molecule has 0 aromatic heterocycles. The summed E-state index contributed by atoms with van der Waals surface area (Å²) in [5.41, 5.74) is 3.18. The second-order valence-electron chi connectivity index (χ2n) is 6.18. The highest BCUT2D eigenvalue weighted by atomic mass is 35.5. The fourth-order valence-electron chi connectivity index (χ4n) is 2.88. The average molecular weight is 378 g/mol. The van der Waals surface area contributed by atoms with Gasteiger partial charge in [-0.1, -0.05) is 66.0 Å². The molecule has 1 aliphatic rings. The highest BCUT2D eigenvalue weighted by Crippen LogP contribution is 2.27. The van der Waals surface area contributed by atoms with E-state index < -0.39 is 0 Å². The van der Waals surface area contributed by atoms with Gasteiger partial charge >= 0.3 is 0 Å². The van der Waals surface area contributed by atoms with Crippen molar-refractivity contribution in [3.05, 3.63) is 63.6 Å². The molecular weight excluding hydrogens is 357 g/mol. The third-order valence-corrected chi connectivity index (χ3v) is 4.74. The summed E-state index contributed by atoms with van der Waals surface area (Å²) in [6, 6.07) is 13.5. The lowest BCUT2D eigenvalue weighted by Crippen LogP contribution is -2.12. The van der Waals surface area contributed by atoms with E-state index in [1.165, 1.54) is 0 Å². The van der Waals surface area contributed by atoms with Crippen LogP contribution in [0, 0.1) is 0 Å². The van der Waals surface area contributed by atoms with Crippen molar-refractivity contribution in [3.8, 4) is 5.75 Å². The van der Waals surface area contributed by atoms with Gasteiger partial charge < -0.3 is 9.57 Å². The molecule has 0 bridgehead atoms. The predicted octanol–water partition coefficient (Wildman–Crippen LogP) is 6.06. The highest BCUT2D eigenvalue weighted by molar-refractivity contribution is 6.35. The monoisotopic (exact) mass is 377 g/mol. The van der Waals surface area contributed by atoms with E-state index in [-0.39, 0.29) is 6.10 Å². The van der Waals surface area contributed by atoms with Gasteiger partial charge in [-0.3, -0.25) is 0 Å². The SMILES string of the molecule is CCCC1=NO[C@H](Cc2ccccc2OCc2ccc(Cl)cc2Cl)C1. The van der Waals surface area contributed by atoms with Crippen LogP contribution in [-0.4, -0.2) is 11.8 Å². The van der Waals surface area contributed by atoms with E-state index >= 15 is 0 Å². The second kappa shape index (κ2) is 8.59. The largest absolute Gasteiger partial charge is 0.489 e. The molecule has 5 heteroatoms. The van der Waals surface area contributed by atoms with Gasteiger partial charge in [-0.05, 0) is 30.2 Å². The smallest absolute Gasteiger partial charge is 0.137 e. The highest BCUT2D eigenvalue weighted by Gasteiger charge is 2.22. The minimum atomic E-state index is 0.0884. The van der Waals surface area contributed by atoms with Gasteiger partial charge in [0.2, 0.25) is 0 Å². The number of hydrogen-bond acceptors (Lipinski definition) is 3. The van der Waals surface area contributed by atoms with Crippen LogP contribution in [0.1, 0.15) is 37.3 Å². The third kappa shape index (κ3) is 4.90. The Balaban J connectivity index is 1.63. The predicted molar refractivity (Wildman–Crippen MR) is 103 cm³/mol. The Kier molecular flexibility index (Phi) is 6.22. The van der Waals surface area contributed by atoms with Crippen LogP contribution in [0.2, 0.25) is 10.0 Å². The number of rotatable bonds is 7. The maximum Gasteiger partial charge on any atom is 0.137 e. The van der Waals surface area contributed by atoms with Gasteiger partial charge in [0.05, 0.1) is 5.71 Å². The van der Waals surface area contributed by atoms with E-state index in [4.69, 9.17) is 32.8 Å². The number of hydrogen-bond donors (Lipinski definition) is 0. The van der Waals surface area contributed by atoms with E-state index in [1.54, 1.807) is 6.07 Å². The van der Waals surface area contributed by atoms with E-state index in [9.17, 15) is 0 Å². The molecule has 0 N–H and O–H groups in total. The number of nitrogens with zero attached hydrogens (tertiary/aromatic N) is 1. The van der Waals surface area contributed by atoms with Crippen molar-refractivity contribution in [1.82, 2.24) is 0 Å². The second-order valence-corrected chi connectivity index (χ2v) is 7.02. The maximum absolute atomic E-state index is 6.22. The molecule has 0 unspecified atom stereocenters. The number of benzene rings is 2. The molecule has 0 aliphatic carbocycles. The van der Waals surface area contributed by atoms with Gasteiger partial charge in [0, 0.05) is 28.5 Å². The summed E-state index contributed by atoms with van der Waals surface area (Å²) in [7, 11) is 0. The molecule has 1 atom stereocenters. The lowest BCUT2D eigenvalue weighted by molar-refractivity contribution is 0.0852. The molecule has 0 spiro atoms. The molecule has 25 heavy (non-hydrogen) atoms. The van der Waals surface area contributed by atoms with Crippen molar-refractivity contribution in [2.75, 3.05) is 0 Å². The summed E-state index contributed by atoms with van der Waals surface area (Å²) >= 11 is 12.2. The Morgan fingerprint density at radius 1 is 1.16 bits per heavy atom. The molecule has 0 saturated carbocycles. The first-order valence-corrected chi connectivity index (χ1v) is 9.27. The van der Waals surface area contributed by atoms with Crippen LogP contribution in [0.25, 0.3) is 0 Å². The standard InChI is InChI=1S/C20H21Cl2NO2/c1-2-5-17-12-18(25-23-17)10-14-6-3-4-7-20(14)24-13-15-8-9-16(21)11-19(15)22/h3-4,6-9,11,18H,2,5,10,12-13H2,1H3/t18-/m1/s1. The molecule has 0 saturated heterocycles. The van der Waals surface area contributed by atoms with Crippen LogP contribution in [0.3, 0.4) is 0 Å². The molecular formula is C20H21Cl2NO2. The Hall–Kier alpha value is -1.71. The lowest BCUT2D eigenvalue weighted by atomic mass is 10.0. The number of para-hydroxylation sites is 1. The summed E-state index contributed by atoms with van der Waals surface area (Å²) in [5.74, 6) is 0.848. The van der Waals surface area contributed by atoms with Crippen molar-refractivity contribution in [2.24, 2.45) is 5.16 Å². The van der Waals surface area contributed by atoms with Gasteiger partial charge in [0.15, 0.2) is 0 Å². The van der Waals surface area contributed by atoms with Gasteiger partial charge in [0.1, 0.15) is 18.5 Å².